The Kier molecular flexibility index (Phi) is 5.20. The molecule has 0 N–H and O–H groups in total. The van der Waals surface area contributed by atoms with Crippen LogP contribution in [0.15, 0.2) is 48.5 Å². The average molecular weight is 298 g/mol. The Morgan fingerprint density at radius 3 is 2.00 bits per heavy atom. The monoisotopic (exact) mass is 298 g/mol. The fourth-order valence-corrected chi connectivity index (χ4v) is 2.05. The zero-order chi connectivity index (χ0) is 15.9. The first-order valence-corrected chi connectivity index (χ1v) is 6.77. The Bertz CT molecular complexity index is 650. The predicted octanol–water partition coefficient (Wildman–Crippen LogP) is 3.61. The summed E-state index contributed by atoms with van der Waals surface area (Å²) in [6.45, 7) is 0. The third-order valence-corrected chi connectivity index (χ3v) is 3.21. The van der Waals surface area contributed by atoms with Gasteiger partial charge in [-0.05, 0) is 12.2 Å². The van der Waals surface area contributed by atoms with E-state index in [9.17, 15) is 4.79 Å². The number of hydrogen-bond donors (Lipinski definition) is 0. The lowest BCUT2D eigenvalue weighted by Gasteiger charge is -2.12. The van der Waals surface area contributed by atoms with Gasteiger partial charge in [-0.25, -0.2) is 0 Å². The topological polar surface area (TPSA) is 44.8 Å². The van der Waals surface area contributed by atoms with E-state index in [0.29, 0.717) is 28.4 Å². The third kappa shape index (κ3) is 3.47. The van der Waals surface area contributed by atoms with E-state index >= 15 is 0 Å². The molecule has 0 aliphatic heterocycles. The van der Waals surface area contributed by atoms with E-state index in [1.807, 2.05) is 18.2 Å². The molecule has 0 fully saturated rings. The van der Waals surface area contributed by atoms with E-state index in [-0.39, 0.29) is 5.78 Å². The summed E-state index contributed by atoms with van der Waals surface area (Å²) < 4.78 is 15.9. The van der Waals surface area contributed by atoms with Gasteiger partial charge in [0.15, 0.2) is 5.78 Å². The lowest BCUT2D eigenvalue weighted by atomic mass is 10.1. The maximum atomic E-state index is 12.1. The van der Waals surface area contributed by atoms with Crippen molar-refractivity contribution in [3.63, 3.8) is 0 Å². The first kappa shape index (κ1) is 15.6. The molecule has 22 heavy (non-hydrogen) atoms. The van der Waals surface area contributed by atoms with Gasteiger partial charge < -0.3 is 14.2 Å². The highest BCUT2D eigenvalue weighted by Gasteiger charge is 2.11. The van der Waals surface area contributed by atoms with E-state index < -0.39 is 0 Å². The van der Waals surface area contributed by atoms with Crippen LogP contribution in [-0.4, -0.2) is 27.1 Å². The molecule has 2 aromatic carbocycles. The highest BCUT2D eigenvalue weighted by molar-refractivity contribution is 6.07. The van der Waals surface area contributed by atoms with Gasteiger partial charge in [0, 0.05) is 17.7 Å². The summed E-state index contributed by atoms with van der Waals surface area (Å²) in [5, 5.41) is 0. The van der Waals surface area contributed by atoms with Crippen LogP contribution < -0.4 is 14.2 Å². The highest BCUT2D eigenvalue weighted by atomic mass is 16.5. The summed E-state index contributed by atoms with van der Waals surface area (Å²) in [6, 6.07) is 12.6. The summed E-state index contributed by atoms with van der Waals surface area (Å²) in [7, 11) is 4.69. The van der Waals surface area contributed by atoms with Crippen LogP contribution in [0.4, 0.5) is 0 Å². The molecule has 114 valence electrons. The molecular formula is C18H18O4. The maximum Gasteiger partial charge on any atom is 0.185 e. The molecule has 0 saturated heterocycles. The molecule has 4 nitrogen and oxygen atoms in total. The number of carbonyl (C=O) groups is 1. The van der Waals surface area contributed by atoms with Gasteiger partial charge in [-0.15, -0.1) is 0 Å². The molecule has 0 aliphatic carbocycles. The molecule has 0 bridgehead atoms. The maximum absolute atomic E-state index is 12.1. The Labute approximate surface area is 129 Å². The first-order valence-electron chi connectivity index (χ1n) is 6.77. The summed E-state index contributed by atoms with van der Waals surface area (Å²) in [5.74, 6) is 1.70. The quantitative estimate of drug-likeness (QED) is 0.603. The SMILES string of the molecule is COc1cc(OC)c(C=CC(=O)c2ccccc2)c(OC)c1. The van der Waals surface area contributed by atoms with Gasteiger partial charge >= 0.3 is 0 Å². The second-order valence-corrected chi connectivity index (χ2v) is 4.51. The van der Waals surface area contributed by atoms with Gasteiger partial charge in [-0.3, -0.25) is 4.79 Å². The van der Waals surface area contributed by atoms with Crippen molar-refractivity contribution in [2.45, 2.75) is 0 Å². The van der Waals surface area contributed by atoms with E-state index in [1.54, 1.807) is 51.7 Å². The van der Waals surface area contributed by atoms with Crippen molar-refractivity contribution in [3.8, 4) is 17.2 Å². The van der Waals surface area contributed by atoms with Crippen molar-refractivity contribution in [1.29, 1.82) is 0 Å². The molecule has 4 heteroatoms. The zero-order valence-electron chi connectivity index (χ0n) is 12.8. The molecule has 0 unspecified atom stereocenters. The second kappa shape index (κ2) is 7.31. The Hall–Kier alpha value is -2.75. The van der Waals surface area contributed by atoms with E-state index in [4.69, 9.17) is 14.2 Å². The van der Waals surface area contributed by atoms with Crippen LogP contribution in [0.3, 0.4) is 0 Å². The Morgan fingerprint density at radius 2 is 1.50 bits per heavy atom. The molecular weight excluding hydrogens is 280 g/mol. The summed E-state index contributed by atoms with van der Waals surface area (Å²) >= 11 is 0. The fourth-order valence-electron chi connectivity index (χ4n) is 2.05. The van der Waals surface area contributed by atoms with E-state index in [1.165, 1.54) is 6.08 Å². The molecule has 2 rings (SSSR count). The van der Waals surface area contributed by atoms with Crippen molar-refractivity contribution >= 4 is 11.9 Å². The summed E-state index contributed by atoms with van der Waals surface area (Å²) in [4.78, 5) is 12.1. The molecule has 0 saturated carbocycles. The van der Waals surface area contributed by atoms with Crippen LogP contribution >= 0.6 is 0 Å². The van der Waals surface area contributed by atoms with Gasteiger partial charge in [-0.2, -0.15) is 0 Å². The molecule has 0 aromatic heterocycles. The average Bonchev–Trinajstić information content (AvgIpc) is 2.59. The molecule has 0 amide bonds. The van der Waals surface area contributed by atoms with Crippen molar-refractivity contribution in [2.75, 3.05) is 21.3 Å². The van der Waals surface area contributed by atoms with Crippen LogP contribution in [-0.2, 0) is 0 Å². The van der Waals surface area contributed by atoms with Gasteiger partial charge in [-0.1, -0.05) is 30.3 Å². The van der Waals surface area contributed by atoms with Gasteiger partial charge in [0.25, 0.3) is 0 Å². The smallest absolute Gasteiger partial charge is 0.185 e. The van der Waals surface area contributed by atoms with Crippen LogP contribution in [0.2, 0.25) is 0 Å². The Balaban J connectivity index is 2.36. The van der Waals surface area contributed by atoms with Crippen LogP contribution in [0.1, 0.15) is 15.9 Å². The van der Waals surface area contributed by atoms with Crippen molar-refractivity contribution in [2.24, 2.45) is 0 Å². The predicted molar refractivity (Wildman–Crippen MR) is 85.9 cm³/mol. The van der Waals surface area contributed by atoms with Crippen LogP contribution in [0.5, 0.6) is 17.2 Å². The number of rotatable bonds is 6. The van der Waals surface area contributed by atoms with Crippen molar-refractivity contribution in [1.82, 2.24) is 0 Å². The minimum Gasteiger partial charge on any atom is -0.496 e. The lowest BCUT2D eigenvalue weighted by Crippen LogP contribution is -1.96. The minimum atomic E-state index is -0.0828. The van der Waals surface area contributed by atoms with Gasteiger partial charge in [0.2, 0.25) is 0 Å². The number of ether oxygens (including phenoxy) is 3. The molecule has 0 atom stereocenters. The highest BCUT2D eigenvalue weighted by Crippen LogP contribution is 2.35. The summed E-state index contributed by atoms with van der Waals surface area (Å²) in [6.07, 6.45) is 3.19. The Morgan fingerprint density at radius 1 is 0.909 bits per heavy atom. The fraction of sp³-hybridized carbons (Fsp3) is 0.167. The molecule has 0 heterocycles. The van der Waals surface area contributed by atoms with Crippen LogP contribution in [0, 0.1) is 0 Å². The zero-order valence-corrected chi connectivity index (χ0v) is 12.8. The van der Waals surface area contributed by atoms with E-state index in [2.05, 4.69) is 0 Å². The van der Waals surface area contributed by atoms with Crippen molar-refractivity contribution in [3.05, 3.63) is 59.7 Å². The standard InChI is InChI=1S/C18H18O4/c1-20-14-11-17(21-2)15(18(12-14)22-3)9-10-16(19)13-7-5-4-6-8-13/h4-12H,1-3H3. The van der Waals surface area contributed by atoms with Gasteiger partial charge in [0.05, 0.1) is 26.9 Å². The molecule has 0 radical (unpaired) electrons. The lowest BCUT2D eigenvalue weighted by molar-refractivity contribution is 0.104. The number of allylic oxidation sites excluding steroid dienone is 1. The number of methoxy groups -OCH3 is 3. The second-order valence-electron chi connectivity index (χ2n) is 4.51. The third-order valence-electron chi connectivity index (χ3n) is 3.21. The van der Waals surface area contributed by atoms with Crippen molar-refractivity contribution < 1.29 is 19.0 Å². The number of hydrogen-bond acceptors (Lipinski definition) is 4. The normalized spacial score (nSPS) is 10.5. The molecule has 0 aliphatic rings. The number of benzene rings is 2. The van der Waals surface area contributed by atoms with Gasteiger partial charge in [0.1, 0.15) is 17.2 Å². The number of ketones is 1. The first-order chi connectivity index (χ1) is 10.7. The molecule has 0 spiro atoms. The number of carbonyl (C=O) groups excluding carboxylic acids is 1. The van der Waals surface area contributed by atoms with Crippen LogP contribution in [0.25, 0.3) is 6.08 Å². The molecule has 2 aromatic rings. The summed E-state index contributed by atoms with van der Waals surface area (Å²) in [5.41, 5.74) is 1.32. The largest absolute Gasteiger partial charge is 0.496 e. The van der Waals surface area contributed by atoms with E-state index in [0.717, 1.165) is 0 Å². The minimum absolute atomic E-state index is 0.0828.